The molecule has 1 unspecified atom stereocenters. The van der Waals surface area contributed by atoms with Crippen LogP contribution in [0, 0.1) is 0 Å². The smallest absolute Gasteiger partial charge is 0.255 e. The highest BCUT2D eigenvalue weighted by molar-refractivity contribution is 9.09. The second-order valence-electron chi connectivity index (χ2n) is 3.16. The molecule has 0 aliphatic heterocycles. The van der Waals surface area contributed by atoms with Crippen molar-refractivity contribution in [2.45, 2.75) is 13.0 Å². The molecule has 3 nitrogen and oxygen atoms in total. The summed E-state index contributed by atoms with van der Waals surface area (Å²) in [7, 11) is 1.79. The summed E-state index contributed by atoms with van der Waals surface area (Å²) >= 11 is 3.35. The van der Waals surface area contributed by atoms with Crippen molar-refractivity contribution in [2.75, 3.05) is 12.4 Å². The Labute approximate surface area is 92.3 Å². The molecule has 14 heavy (non-hydrogen) atoms. The first-order chi connectivity index (χ1) is 6.66. The van der Waals surface area contributed by atoms with Crippen LogP contribution in [0.2, 0.25) is 0 Å². The van der Waals surface area contributed by atoms with Crippen LogP contribution in [0.25, 0.3) is 0 Å². The Hall–Kier alpha value is -0.900. The Bertz CT molecular complexity index is 302. The monoisotopic (exact) mass is 256 g/mol. The van der Waals surface area contributed by atoms with Gasteiger partial charge in [-0.05, 0) is 19.1 Å². The van der Waals surface area contributed by atoms with E-state index < -0.39 is 0 Å². The maximum atomic E-state index is 11.8. The van der Waals surface area contributed by atoms with Crippen LogP contribution in [0.5, 0.6) is 0 Å². The van der Waals surface area contributed by atoms with Crippen LogP contribution in [0.3, 0.4) is 0 Å². The zero-order valence-corrected chi connectivity index (χ0v) is 9.86. The maximum Gasteiger partial charge on any atom is 0.255 e. The van der Waals surface area contributed by atoms with Gasteiger partial charge in [0, 0.05) is 30.8 Å². The van der Waals surface area contributed by atoms with Crippen molar-refractivity contribution in [3.05, 3.63) is 30.1 Å². The third-order valence-corrected chi connectivity index (χ3v) is 3.05. The molecule has 0 spiro atoms. The normalized spacial score (nSPS) is 12.2. The van der Waals surface area contributed by atoms with Crippen molar-refractivity contribution in [1.29, 1.82) is 0 Å². The van der Waals surface area contributed by atoms with Gasteiger partial charge in [-0.15, -0.1) is 0 Å². The molecule has 4 heteroatoms. The number of hydrogen-bond acceptors (Lipinski definition) is 2. The van der Waals surface area contributed by atoms with Crippen LogP contribution < -0.4 is 0 Å². The van der Waals surface area contributed by atoms with Gasteiger partial charge in [-0.3, -0.25) is 9.78 Å². The molecule has 0 saturated heterocycles. The minimum atomic E-state index is 0.00468. The lowest BCUT2D eigenvalue weighted by Gasteiger charge is -2.22. The van der Waals surface area contributed by atoms with E-state index in [4.69, 9.17) is 0 Å². The molecule has 1 atom stereocenters. The lowest BCUT2D eigenvalue weighted by Crippen LogP contribution is -2.36. The minimum absolute atomic E-state index is 0.00468. The van der Waals surface area contributed by atoms with Crippen molar-refractivity contribution >= 4 is 21.8 Å². The molecule has 0 radical (unpaired) electrons. The summed E-state index contributed by atoms with van der Waals surface area (Å²) in [6, 6.07) is 3.72. The molecular formula is C10H13BrN2O. The molecule has 0 aromatic carbocycles. The topological polar surface area (TPSA) is 33.2 Å². The molecule has 1 amide bonds. The summed E-state index contributed by atoms with van der Waals surface area (Å²) in [6.45, 7) is 1.99. The molecule has 1 aromatic rings. The number of carbonyl (C=O) groups is 1. The second kappa shape index (κ2) is 5.10. The average Bonchev–Trinajstić information content (AvgIpc) is 2.27. The SMILES string of the molecule is CC(CBr)N(C)C(=O)c1cccnc1. The van der Waals surface area contributed by atoms with Crippen LogP contribution in [0.1, 0.15) is 17.3 Å². The fourth-order valence-corrected chi connectivity index (χ4v) is 1.43. The summed E-state index contributed by atoms with van der Waals surface area (Å²) < 4.78 is 0. The number of pyridine rings is 1. The number of halogens is 1. The Balaban J connectivity index is 2.76. The van der Waals surface area contributed by atoms with Gasteiger partial charge >= 0.3 is 0 Å². The van der Waals surface area contributed by atoms with Crippen molar-refractivity contribution in [3.63, 3.8) is 0 Å². The van der Waals surface area contributed by atoms with Crippen molar-refractivity contribution in [3.8, 4) is 0 Å². The Morgan fingerprint density at radius 2 is 2.43 bits per heavy atom. The number of aromatic nitrogens is 1. The number of nitrogens with zero attached hydrogens (tertiary/aromatic N) is 2. The average molecular weight is 257 g/mol. The summed E-state index contributed by atoms with van der Waals surface area (Å²) in [5, 5.41) is 0.773. The van der Waals surface area contributed by atoms with E-state index in [1.807, 2.05) is 6.92 Å². The minimum Gasteiger partial charge on any atom is -0.338 e. The number of alkyl halides is 1. The Kier molecular flexibility index (Phi) is 4.07. The van der Waals surface area contributed by atoms with Gasteiger partial charge in [0.25, 0.3) is 5.91 Å². The largest absolute Gasteiger partial charge is 0.338 e. The molecule has 0 fully saturated rings. The third-order valence-electron chi connectivity index (χ3n) is 2.11. The van der Waals surface area contributed by atoms with Gasteiger partial charge < -0.3 is 4.90 Å². The van der Waals surface area contributed by atoms with E-state index in [0.717, 1.165) is 5.33 Å². The summed E-state index contributed by atoms with van der Waals surface area (Å²) in [4.78, 5) is 17.4. The molecule has 1 rings (SSSR count). The van der Waals surface area contributed by atoms with E-state index in [2.05, 4.69) is 20.9 Å². The molecule has 1 aromatic heterocycles. The van der Waals surface area contributed by atoms with Crippen LogP contribution >= 0.6 is 15.9 Å². The first kappa shape index (κ1) is 11.2. The molecule has 0 bridgehead atoms. The van der Waals surface area contributed by atoms with Gasteiger partial charge in [-0.2, -0.15) is 0 Å². The van der Waals surface area contributed by atoms with E-state index >= 15 is 0 Å². The third kappa shape index (κ3) is 2.54. The van der Waals surface area contributed by atoms with Gasteiger partial charge in [-0.1, -0.05) is 15.9 Å². The Morgan fingerprint density at radius 3 is 2.93 bits per heavy atom. The highest BCUT2D eigenvalue weighted by Gasteiger charge is 2.15. The fourth-order valence-electron chi connectivity index (χ4n) is 0.997. The molecule has 0 aliphatic rings. The second-order valence-corrected chi connectivity index (χ2v) is 3.81. The molecule has 76 valence electrons. The van der Waals surface area contributed by atoms with Crippen LogP contribution in [0.15, 0.2) is 24.5 Å². The van der Waals surface area contributed by atoms with Gasteiger partial charge in [0.1, 0.15) is 0 Å². The lowest BCUT2D eigenvalue weighted by atomic mass is 10.2. The molecule has 0 aliphatic carbocycles. The molecule has 0 saturated carbocycles. The molecule has 1 heterocycles. The predicted molar refractivity (Wildman–Crippen MR) is 59.6 cm³/mol. The maximum absolute atomic E-state index is 11.8. The van der Waals surface area contributed by atoms with Gasteiger partial charge in [-0.25, -0.2) is 0 Å². The predicted octanol–water partition coefficient (Wildman–Crippen LogP) is 1.94. The standard InChI is InChI=1S/C10H13BrN2O/c1-8(6-11)13(2)10(14)9-4-3-5-12-7-9/h3-5,7-8H,6H2,1-2H3. The van der Waals surface area contributed by atoms with Gasteiger partial charge in [0.05, 0.1) is 5.56 Å². The van der Waals surface area contributed by atoms with Gasteiger partial charge in [0.2, 0.25) is 0 Å². The van der Waals surface area contributed by atoms with Crippen LogP contribution in [-0.4, -0.2) is 34.2 Å². The zero-order chi connectivity index (χ0) is 10.6. The quantitative estimate of drug-likeness (QED) is 0.775. The van der Waals surface area contributed by atoms with E-state index in [-0.39, 0.29) is 11.9 Å². The summed E-state index contributed by atoms with van der Waals surface area (Å²) in [5.41, 5.74) is 0.628. The highest BCUT2D eigenvalue weighted by atomic mass is 79.9. The summed E-state index contributed by atoms with van der Waals surface area (Å²) in [6.07, 6.45) is 3.24. The van der Waals surface area contributed by atoms with Crippen LogP contribution in [0.4, 0.5) is 0 Å². The number of rotatable bonds is 3. The first-order valence-corrected chi connectivity index (χ1v) is 5.52. The van der Waals surface area contributed by atoms with Gasteiger partial charge in [0.15, 0.2) is 0 Å². The molecule has 0 N–H and O–H groups in total. The van der Waals surface area contributed by atoms with Crippen molar-refractivity contribution in [2.24, 2.45) is 0 Å². The first-order valence-electron chi connectivity index (χ1n) is 4.40. The van der Waals surface area contributed by atoms with Crippen molar-refractivity contribution in [1.82, 2.24) is 9.88 Å². The number of amides is 1. The molecular weight excluding hydrogens is 244 g/mol. The van der Waals surface area contributed by atoms with E-state index in [0.29, 0.717) is 5.56 Å². The summed E-state index contributed by atoms with van der Waals surface area (Å²) in [5.74, 6) is 0.00468. The highest BCUT2D eigenvalue weighted by Crippen LogP contribution is 2.06. The van der Waals surface area contributed by atoms with E-state index in [1.54, 1.807) is 36.5 Å². The van der Waals surface area contributed by atoms with Crippen molar-refractivity contribution < 1.29 is 4.79 Å². The van der Waals surface area contributed by atoms with E-state index in [1.165, 1.54) is 0 Å². The number of hydrogen-bond donors (Lipinski definition) is 0. The lowest BCUT2D eigenvalue weighted by molar-refractivity contribution is 0.0757. The zero-order valence-electron chi connectivity index (χ0n) is 8.27. The van der Waals surface area contributed by atoms with E-state index in [9.17, 15) is 4.79 Å². The number of carbonyl (C=O) groups excluding carboxylic acids is 1. The fraction of sp³-hybridized carbons (Fsp3) is 0.400. The Morgan fingerprint density at radius 1 is 1.71 bits per heavy atom. The van der Waals surface area contributed by atoms with Crippen LogP contribution in [-0.2, 0) is 0 Å².